The molecule has 1 atom stereocenters. The van der Waals surface area contributed by atoms with Crippen LogP contribution in [0.1, 0.15) is 31.2 Å². The van der Waals surface area contributed by atoms with Gasteiger partial charge in [0, 0.05) is 25.4 Å². The Morgan fingerprint density at radius 2 is 2.00 bits per heavy atom. The summed E-state index contributed by atoms with van der Waals surface area (Å²) in [4.78, 5) is 36.8. The molecule has 194 valence electrons. The highest BCUT2D eigenvalue weighted by Gasteiger charge is 2.34. The highest BCUT2D eigenvalue weighted by Crippen LogP contribution is 2.28. The van der Waals surface area contributed by atoms with E-state index in [1.54, 1.807) is 22.7 Å². The number of alkyl halides is 1. The monoisotopic (exact) mass is 525 g/mol. The van der Waals surface area contributed by atoms with Crippen LogP contribution in [0.15, 0.2) is 59.6 Å². The molecule has 10 heteroatoms. The van der Waals surface area contributed by atoms with Gasteiger partial charge in [-0.15, -0.1) is 0 Å². The van der Waals surface area contributed by atoms with Gasteiger partial charge in [-0.3, -0.25) is 9.59 Å². The maximum atomic E-state index is 13.6. The zero-order chi connectivity index (χ0) is 26.4. The van der Waals surface area contributed by atoms with Gasteiger partial charge in [-0.1, -0.05) is 49.0 Å². The summed E-state index contributed by atoms with van der Waals surface area (Å²) in [6.07, 6.45) is 4.59. The summed E-state index contributed by atoms with van der Waals surface area (Å²) in [5.74, 6) is -0.801. The van der Waals surface area contributed by atoms with E-state index >= 15 is 0 Å². The number of allylic oxidation sites excluding steroid dienone is 1. The fraction of sp³-hybridized carbons (Fsp3) is 0.333. The summed E-state index contributed by atoms with van der Waals surface area (Å²) < 4.78 is 27.9. The Hall–Kier alpha value is -3.53. The molecule has 0 unspecified atom stereocenters. The second-order valence-electron chi connectivity index (χ2n) is 8.65. The van der Waals surface area contributed by atoms with E-state index in [0.29, 0.717) is 41.7 Å². The molecule has 1 fully saturated rings. The van der Waals surface area contributed by atoms with Crippen LogP contribution < -0.4 is 5.32 Å². The van der Waals surface area contributed by atoms with Crippen molar-refractivity contribution < 1.29 is 18.4 Å². The Balaban J connectivity index is 1.44. The van der Waals surface area contributed by atoms with E-state index < -0.39 is 18.5 Å². The maximum Gasteiger partial charge on any atom is 0.248 e. The van der Waals surface area contributed by atoms with Crippen molar-refractivity contribution in [3.63, 3.8) is 0 Å². The molecule has 37 heavy (non-hydrogen) atoms. The zero-order valence-corrected chi connectivity index (χ0v) is 21.6. The second-order valence-corrected chi connectivity index (χ2v) is 9.59. The van der Waals surface area contributed by atoms with E-state index in [-0.39, 0.29) is 17.6 Å². The summed E-state index contributed by atoms with van der Waals surface area (Å²) in [7, 11) is 1.71. The number of hydrogen-bond acceptors (Lipinski definition) is 5. The minimum absolute atomic E-state index is 0.0748. The molecule has 1 aromatic carbocycles. The number of carbonyl (C=O) groups excluding carboxylic acids is 2. The summed E-state index contributed by atoms with van der Waals surface area (Å²) in [5, 5.41) is 3.45. The topological polar surface area (TPSA) is 80.1 Å². The van der Waals surface area contributed by atoms with Crippen molar-refractivity contribution >= 4 is 35.5 Å². The number of likely N-dealkylation sites (tertiary alicyclic amines) is 1. The molecule has 3 aromatic rings. The Bertz CT molecular complexity index is 1300. The average Bonchev–Trinajstić information content (AvgIpc) is 3.53. The van der Waals surface area contributed by atoms with Crippen LogP contribution in [0.4, 0.5) is 14.6 Å². The molecule has 2 amide bonds. The number of carbonyl (C=O) groups is 2. The molecule has 2 aromatic heterocycles. The lowest BCUT2D eigenvalue weighted by Crippen LogP contribution is -2.44. The normalized spacial score (nSPS) is 15.7. The minimum atomic E-state index is -1.18. The Morgan fingerprint density at radius 3 is 2.73 bits per heavy atom. The Morgan fingerprint density at radius 1 is 1.22 bits per heavy atom. The van der Waals surface area contributed by atoms with E-state index in [0.717, 1.165) is 23.6 Å². The van der Waals surface area contributed by atoms with Gasteiger partial charge in [-0.2, -0.15) is 0 Å². The molecular formula is C27H29F2N5O2S. The fourth-order valence-corrected chi connectivity index (χ4v) is 5.29. The number of hydrogen-bond donors (Lipinski definition) is 1. The molecule has 0 spiro atoms. The molecule has 0 aliphatic carbocycles. The molecule has 1 aliphatic rings. The number of anilines is 1. The summed E-state index contributed by atoms with van der Waals surface area (Å²) in [5.41, 5.74) is 2.85. The molecule has 0 bridgehead atoms. The first-order chi connectivity index (χ1) is 17.9. The van der Waals surface area contributed by atoms with Crippen LogP contribution in [0.2, 0.25) is 0 Å². The van der Waals surface area contributed by atoms with E-state index in [1.165, 1.54) is 11.8 Å². The largest absolute Gasteiger partial charge is 0.330 e. The fourth-order valence-electron chi connectivity index (χ4n) is 4.40. The van der Waals surface area contributed by atoms with Crippen LogP contribution >= 0.6 is 11.8 Å². The van der Waals surface area contributed by atoms with Crippen molar-refractivity contribution in [2.24, 2.45) is 7.05 Å². The molecule has 0 radical (unpaired) electrons. The highest BCUT2D eigenvalue weighted by molar-refractivity contribution is 7.99. The number of nitrogens with one attached hydrogen (secondary N) is 1. The first kappa shape index (κ1) is 26.5. The third kappa shape index (κ3) is 6.07. The lowest BCUT2D eigenvalue weighted by molar-refractivity contribution is -0.134. The van der Waals surface area contributed by atoms with Crippen molar-refractivity contribution in [3.8, 4) is 11.1 Å². The van der Waals surface area contributed by atoms with E-state index in [9.17, 15) is 18.4 Å². The Kier molecular flexibility index (Phi) is 8.70. The van der Waals surface area contributed by atoms with Gasteiger partial charge in [-0.25, -0.2) is 18.7 Å². The number of halogens is 2. The maximum absolute atomic E-state index is 13.6. The first-order valence-electron chi connectivity index (χ1n) is 12.1. The zero-order valence-electron chi connectivity index (χ0n) is 20.8. The van der Waals surface area contributed by atoms with Crippen molar-refractivity contribution in [2.75, 3.05) is 24.3 Å². The molecule has 4 rings (SSSR count). The van der Waals surface area contributed by atoms with Crippen LogP contribution in [0.25, 0.3) is 17.2 Å². The summed E-state index contributed by atoms with van der Waals surface area (Å²) >= 11 is 1.22. The molecule has 0 saturated carbocycles. The van der Waals surface area contributed by atoms with Crippen molar-refractivity contribution in [2.45, 2.75) is 37.4 Å². The minimum Gasteiger partial charge on any atom is -0.330 e. The highest BCUT2D eigenvalue weighted by atomic mass is 32.2. The molecule has 1 saturated heterocycles. The average molecular weight is 526 g/mol. The predicted octanol–water partition coefficient (Wildman–Crippen LogP) is 5.05. The van der Waals surface area contributed by atoms with Gasteiger partial charge in [0.15, 0.2) is 5.16 Å². The first-order valence-corrected chi connectivity index (χ1v) is 13.1. The number of aryl methyl sites for hydroxylation is 1. The third-order valence-electron chi connectivity index (χ3n) is 6.27. The number of nitrogens with zero attached hydrogens (tertiary/aromatic N) is 4. The number of thioether (sulfide) groups is 1. The van der Waals surface area contributed by atoms with Crippen LogP contribution in [0, 0.1) is 0 Å². The third-order valence-corrected chi connectivity index (χ3v) is 7.28. The molecule has 1 aliphatic heterocycles. The van der Waals surface area contributed by atoms with Crippen LogP contribution in [-0.4, -0.2) is 56.3 Å². The predicted molar refractivity (Wildman–Crippen MR) is 141 cm³/mol. The van der Waals surface area contributed by atoms with E-state index in [4.69, 9.17) is 0 Å². The summed E-state index contributed by atoms with van der Waals surface area (Å²) in [6, 6.07) is 12.8. The lowest BCUT2D eigenvalue weighted by Gasteiger charge is -2.24. The Labute approximate surface area is 219 Å². The second kappa shape index (κ2) is 12.1. The van der Waals surface area contributed by atoms with Gasteiger partial charge in [0.05, 0.1) is 17.1 Å². The van der Waals surface area contributed by atoms with Crippen LogP contribution in [0.3, 0.4) is 0 Å². The van der Waals surface area contributed by atoms with Crippen molar-refractivity contribution in [1.82, 2.24) is 19.4 Å². The van der Waals surface area contributed by atoms with Gasteiger partial charge >= 0.3 is 0 Å². The standard InChI is InChI=1S/C27H29F2N5O2S/c1-3-21-23(15-19(29)16-28)33(2)27(31-21)37-17-24(35)34-14-8-12-22(34)26(36)32-25-20(11-7-13-30-25)18-9-5-4-6-10-18/h4-7,9-11,13,15,22H,3,8,12,14,16-17H2,1-2H3,(H,30,32,36)/b19-15+/t22-/m0/s1. The van der Waals surface area contributed by atoms with Crippen LogP contribution in [0.5, 0.6) is 0 Å². The SMILES string of the molecule is CCc1nc(SCC(=O)N2CCC[C@H]2C(=O)Nc2ncccc2-c2ccccc2)n(C)c1/C=C(/F)CF. The molecule has 3 heterocycles. The quantitative estimate of drug-likeness (QED) is 0.396. The van der Waals surface area contributed by atoms with Gasteiger partial charge in [0.2, 0.25) is 11.8 Å². The smallest absolute Gasteiger partial charge is 0.248 e. The van der Waals surface area contributed by atoms with Crippen molar-refractivity contribution in [3.05, 3.63) is 65.9 Å². The van der Waals surface area contributed by atoms with E-state index in [1.807, 2.05) is 49.4 Å². The number of imidazole rings is 1. The van der Waals surface area contributed by atoms with E-state index in [2.05, 4.69) is 15.3 Å². The number of amides is 2. The van der Waals surface area contributed by atoms with Gasteiger partial charge in [0.1, 0.15) is 24.4 Å². The molecule has 1 N–H and O–H groups in total. The lowest BCUT2D eigenvalue weighted by atomic mass is 10.1. The van der Waals surface area contributed by atoms with Gasteiger partial charge in [-0.05, 0) is 43.0 Å². The number of rotatable bonds is 9. The molecule has 7 nitrogen and oxygen atoms in total. The van der Waals surface area contributed by atoms with Gasteiger partial charge < -0.3 is 14.8 Å². The number of aromatic nitrogens is 3. The van der Waals surface area contributed by atoms with Gasteiger partial charge in [0.25, 0.3) is 0 Å². The number of pyridine rings is 1. The van der Waals surface area contributed by atoms with Crippen LogP contribution in [-0.2, 0) is 23.1 Å². The number of benzene rings is 1. The summed E-state index contributed by atoms with van der Waals surface area (Å²) in [6.45, 7) is 1.19. The molecular weight excluding hydrogens is 496 g/mol. The van der Waals surface area contributed by atoms with Crippen molar-refractivity contribution in [1.29, 1.82) is 0 Å².